The highest BCUT2D eigenvalue weighted by molar-refractivity contribution is 6.30. The minimum absolute atomic E-state index is 0.0172. The topological polar surface area (TPSA) is 78.4 Å². The number of carboxylic acids is 1. The van der Waals surface area contributed by atoms with Crippen LogP contribution in [0.3, 0.4) is 0 Å². The third-order valence-electron chi connectivity index (χ3n) is 4.20. The molecule has 23 heavy (non-hydrogen) atoms. The third-order valence-corrected chi connectivity index (χ3v) is 4.49. The zero-order chi connectivity index (χ0) is 17.0. The Hall–Kier alpha value is -1.82. The maximum Gasteiger partial charge on any atom is 0.315 e. The van der Waals surface area contributed by atoms with E-state index < -0.39 is 11.8 Å². The van der Waals surface area contributed by atoms with Crippen molar-refractivity contribution in [2.24, 2.45) is 5.92 Å². The first-order valence-corrected chi connectivity index (χ1v) is 7.99. The van der Waals surface area contributed by atoms with Crippen molar-refractivity contribution in [2.45, 2.75) is 44.7 Å². The van der Waals surface area contributed by atoms with E-state index in [0.717, 1.165) is 0 Å². The van der Waals surface area contributed by atoms with Crippen molar-refractivity contribution in [1.82, 2.24) is 10.6 Å². The van der Waals surface area contributed by atoms with Gasteiger partial charge in [0.2, 0.25) is 0 Å². The number of carboxylic acid groups (broad SMARTS) is 1. The molecule has 1 aromatic carbocycles. The molecule has 0 bridgehead atoms. The fraction of sp³-hybridized carbons (Fsp3) is 0.500. The number of amides is 2. The molecule has 0 heterocycles. The lowest BCUT2D eigenvalue weighted by Crippen LogP contribution is -2.44. The zero-order valence-electron chi connectivity index (χ0n) is 12.8. The van der Waals surface area contributed by atoms with Crippen LogP contribution in [0.1, 0.15) is 44.2 Å². The number of carbonyl (C=O) groups is 2. The Balaban J connectivity index is 1.82. The molecular weight excluding hydrogens is 323 g/mol. The molecular formula is C16H20ClFN2O3. The lowest BCUT2D eigenvalue weighted by atomic mass is 9.86. The highest BCUT2D eigenvalue weighted by Gasteiger charge is 2.26. The Labute approximate surface area is 139 Å². The van der Waals surface area contributed by atoms with Crippen LogP contribution in [0.4, 0.5) is 9.18 Å². The molecule has 1 aliphatic rings. The quantitative estimate of drug-likeness (QED) is 0.783. The molecule has 3 N–H and O–H groups in total. The maximum atomic E-state index is 13.1. The molecule has 0 radical (unpaired) electrons. The Morgan fingerprint density at radius 1 is 1.30 bits per heavy atom. The van der Waals surface area contributed by atoms with Gasteiger partial charge >= 0.3 is 12.0 Å². The Kier molecular flexibility index (Phi) is 5.82. The number of aliphatic carboxylic acids is 1. The molecule has 5 nitrogen and oxygen atoms in total. The number of carbonyl (C=O) groups excluding carboxylic acids is 1. The van der Waals surface area contributed by atoms with Gasteiger partial charge in [0.15, 0.2) is 0 Å². The van der Waals surface area contributed by atoms with Crippen LogP contribution in [0.25, 0.3) is 0 Å². The van der Waals surface area contributed by atoms with Crippen LogP contribution in [0.5, 0.6) is 0 Å². The molecule has 1 aliphatic carbocycles. The molecule has 0 saturated heterocycles. The smallest absolute Gasteiger partial charge is 0.315 e. The fourth-order valence-electron chi connectivity index (χ4n) is 2.77. The summed E-state index contributed by atoms with van der Waals surface area (Å²) in [5, 5.41) is 14.6. The van der Waals surface area contributed by atoms with Gasteiger partial charge in [-0.2, -0.15) is 0 Å². The minimum atomic E-state index is -0.769. The number of urea groups is 1. The van der Waals surface area contributed by atoms with Gasteiger partial charge in [0.05, 0.1) is 17.0 Å². The highest BCUT2D eigenvalue weighted by atomic mass is 35.5. The average molecular weight is 343 g/mol. The van der Waals surface area contributed by atoms with Gasteiger partial charge in [-0.25, -0.2) is 9.18 Å². The first-order valence-electron chi connectivity index (χ1n) is 7.61. The molecule has 1 fully saturated rings. The summed E-state index contributed by atoms with van der Waals surface area (Å²) in [6.45, 7) is 1.78. The molecule has 1 saturated carbocycles. The lowest BCUT2D eigenvalue weighted by molar-refractivity contribution is -0.142. The van der Waals surface area contributed by atoms with Crippen molar-refractivity contribution in [2.75, 3.05) is 0 Å². The van der Waals surface area contributed by atoms with Crippen LogP contribution in [-0.4, -0.2) is 23.1 Å². The first-order chi connectivity index (χ1) is 10.9. The van der Waals surface area contributed by atoms with Gasteiger partial charge in [0.1, 0.15) is 5.82 Å². The molecule has 0 aliphatic heterocycles. The minimum Gasteiger partial charge on any atom is -0.481 e. The van der Waals surface area contributed by atoms with Gasteiger partial charge < -0.3 is 15.7 Å². The van der Waals surface area contributed by atoms with Gasteiger partial charge in [0.25, 0.3) is 0 Å². The van der Waals surface area contributed by atoms with Crippen LogP contribution in [0.2, 0.25) is 5.02 Å². The molecule has 0 aromatic heterocycles. The normalized spacial score (nSPS) is 22.2. The zero-order valence-corrected chi connectivity index (χ0v) is 13.6. The number of benzene rings is 1. The summed E-state index contributed by atoms with van der Waals surface area (Å²) in [7, 11) is 0. The van der Waals surface area contributed by atoms with E-state index in [1.165, 1.54) is 12.1 Å². The summed E-state index contributed by atoms with van der Waals surface area (Å²) in [4.78, 5) is 22.9. The largest absolute Gasteiger partial charge is 0.481 e. The van der Waals surface area contributed by atoms with E-state index in [-0.39, 0.29) is 29.1 Å². The monoisotopic (exact) mass is 342 g/mol. The van der Waals surface area contributed by atoms with E-state index in [0.29, 0.717) is 31.2 Å². The third kappa shape index (κ3) is 4.82. The fourth-order valence-corrected chi connectivity index (χ4v) is 2.96. The molecule has 2 rings (SSSR count). The number of rotatable bonds is 4. The van der Waals surface area contributed by atoms with Crippen LogP contribution < -0.4 is 10.6 Å². The second-order valence-corrected chi connectivity index (χ2v) is 6.31. The molecule has 7 heteroatoms. The maximum absolute atomic E-state index is 13.1. The molecule has 126 valence electrons. The van der Waals surface area contributed by atoms with E-state index in [9.17, 15) is 14.0 Å². The van der Waals surface area contributed by atoms with Crippen molar-refractivity contribution in [3.05, 3.63) is 34.6 Å². The summed E-state index contributed by atoms with van der Waals surface area (Å²) >= 11 is 5.74. The lowest BCUT2D eigenvalue weighted by Gasteiger charge is -2.27. The predicted molar refractivity (Wildman–Crippen MR) is 84.9 cm³/mol. The van der Waals surface area contributed by atoms with Gasteiger partial charge in [-0.05, 0) is 50.3 Å². The van der Waals surface area contributed by atoms with Crippen LogP contribution in [0.15, 0.2) is 18.2 Å². The second-order valence-electron chi connectivity index (χ2n) is 5.90. The number of hydrogen-bond acceptors (Lipinski definition) is 2. The molecule has 1 aromatic rings. The summed E-state index contributed by atoms with van der Waals surface area (Å²) in [6, 6.07) is 3.67. The summed E-state index contributed by atoms with van der Waals surface area (Å²) in [5.41, 5.74) is 0.709. The van der Waals surface area contributed by atoms with Crippen molar-refractivity contribution in [1.29, 1.82) is 0 Å². The second kappa shape index (κ2) is 7.64. The van der Waals surface area contributed by atoms with Crippen LogP contribution >= 0.6 is 11.6 Å². The predicted octanol–water partition coefficient (Wildman–Crippen LogP) is 3.48. The van der Waals surface area contributed by atoms with Gasteiger partial charge in [0, 0.05) is 6.04 Å². The Bertz CT molecular complexity index is 589. The number of hydrogen-bond donors (Lipinski definition) is 3. The number of nitrogens with one attached hydrogen (secondary N) is 2. The van der Waals surface area contributed by atoms with Crippen molar-refractivity contribution in [3.8, 4) is 0 Å². The summed E-state index contributed by atoms with van der Waals surface area (Å²) in [6.07, 6.45) is 2.45. The van der Waals surface area contributed by atoms with E-state index in [2.05, 4.69) is 10.6 Å². The van der Waals surface area contributed by atoms with E-state index in [1.807, 2.05) is 0 Å². The van der Waals surface area contributed by atoms with Gasteiger partial charge in [-0.15, -0.1) is 0 Å². The molecule has 2 amide bonds. The number of halogens is 2. The van der Waals surface area contributed by atoms with E-state index in [1.54, 1.807) is 13.0 Å². The average Bonchev–Trinajstić information content (AvgIpc) is 2.50. The first kappa shape index (κ1) is 17.5. The SMILES string of the molecule is CC(NC(=O)NC1CCC(C(=O)O)CC1)c1ccc(F)c(Cl)c1. The summed E-state index contributed by atoms with van der Waals surface area (Å²) < 4.78 is 13.1. The molecule has 1 atom stereocenters. The highest BCUT2D eigenvalue weighted by Crippen LogP contribution is 2.24. The Morgan fingerprint density at radius 3 is 2.52 bits per heavy atom. The van der Waals surface area contributed by atoms with E-state index in [4.69, 9.17) is 16.7 Å². The van der Waals surface area contributed by atoms with Crippen molar-refractivity contribution < 1.29 is 19.1 Å². The van der Waals surface area contributed by atoms with Gasteiger partial charge in [-0.1, -0.05) is 17.7 Å². The van der Waals surface area contributed by atoms with Crippen LogP contribution in [-0.2, 0) is 4.79 Å². The molecule has 1 unspecified atom stereocenters. The Morgan fingerprint density at radius 2 is 1.96 bits per heavy atom. The van der Waals surface area contributed by atoms with Crippen LogP contribution in [0, 0.1) is 11.7 Å². The molecule has 0 spiro atoms. The van der Waals surface area contributed by atoms with Gasteiger partial charge in [-0.3, -0.25) is 4.79 Å². The van der Waals surface area contributed by atoms with Crippen molar-refractivity contribution >= 4 is 23.6 Å². The van der Waals surface area contributed by atoms with Crippen molar-refractivity contribution in [3.63, 3.8) is 0 Å². The van der Waals surface area contributed by atoms with E-state index >= 15 is 0 Å². The standard InChI is InChI=1S/C16H20ClFN2O3/c1-9(11-4-7-14(18)13(17)8-11)19-16(23)20-12-5-2-10(3-6-12)15(21)22/h4,7-10,12H,2-3,5-6H2,1H3,(H,21,22)(H2,19,20,23). The summed E-state index contributed by atoms with van der Waals surface area (Å²) in [5.74, 6) is -1.58.